The Morgan fingerprint density at radius 2 is 2.00 bits per heavy atom. The minimum atomic E-state index is -1.28. The van der Waals surface area contributed by atoms with Crippen LogP contribution >= 0.6 is 27.7 Å². The van der Waals surface area contributed by atoms with Crippen LogP contribution in [0.3, 0.4) is 0 Å². The number of fused-ring (bicyclic) bond motifs is 3. The van der Waals surface area contributed by atoms with E-state index in [2.05, 4.69) is 20.8 Å². The van der Waals surface area contributed by atoms with E-state index in [4.69, 9.17) is 0 Å². The summed E-state index contributed by atoms with van der Waals surface area (Å²) in [4.78, 5) is 28.4. The van der Waals surface area contributed by atoms with Gasteiger partial charge in [0.15, 0.2) is 0 Å². The molecule has 2 aliphatic heterocycles. The molecule has 2 aliphatic rings. The highest BCUT2D eigenvalue weighted by atomic mass is 79.9. The van der Waals surface area contributed by atoms with E-state index in [0.29, 0.717) is 33.8 Å². The Kier molecular flexibility index (Phi) is 4.28. The normalized spacial score (nSPS) is 20.2. The first-order valence-corrected chi connectivity index (χ1v) is 9.92. The summed E-state index contributed by atoms with van der Waals surface area (Å²) in [6.07, 6.45) is 0. The first kappa shape index (κ1) is 17.8. The third-order valence-corrected chi connectivity index (χ3v) is 6.92. The molecule has 1 aromatic carbocycles. The molecule has 0 aliphatic carbocycles. The zero-order chi connectivity index (χ0) is 18.7. The highest BCUT2D eigenvalue weighted by Gasteiger charge is 2.35. The van der Waals surface area contributed by atoms with Crippen molar-refractivity contribution >= 4 is 50.3 Å². The molecule has 0 radical (unpaired) electrons. The molecule has 0 spiro atoms. The van der Waals surface area contributed by atoms with E-state index in [9.17, 15) is 19.1 Å². The number of halogens is 2. The lowest BCUT2D eigenvalue weighted by molar-refractivity contribution is 0.0689. The Morgan fingerprint density at radius 1 is 1.35 bits per heavy atom. The van der Waals surface area contributed by atoms with E-state index in [0.717, 1.165) is 13.1 Å². The molecule has 1 fully saturated rings. The fourth-order valence-electron chi connectivity index (χ4n) is 3.60. The van der Waals surface area contributed by atoms with Gasteiger partial charge >= 0.3 is 5.97 Å². The third-order valence-electron chi connectivity index (χ3n) is 4.99. The van der Waals surface area contributed by atoms with Gasteiger partial charge in [-0.05, 0) is 36.0 Å². The molecule has 1 aromatic heterocycles. The Labute approximate surface area is 161 Å². The van der Waals surface area contributed by atoms with Gasteiger partial charge in [0.05, 0.1) is 31.5 Å². The number of nitrogens with zero attached hydrogens (tertiary/aromatic N) is 3. The predicted molar refractivity (Wildman–Crippen MR) is 103 cm³/mol. The number of anilines is 1. The van der Waals surface area contributed by atoms with Crippen LogP contribution in [-0.2, 0) is 0 Å². The molecule has 1 saturated heterocycles. The van der Waals surface area contributed by atoms with E-state index in [1.165, 1.54) is 17.8 Å². The molecule has 138 valence electrons. The maximum atomic E-state index is 14.9. The molecule has 1 atom stereocenters. The number of aromatic nitrogens is 1. The molecule has 6 nitrogen and oxygen atoms in total. The monoisotopic (exact) mass is 441 g/mol. The average Bonchev–Trinajstić information content (AvgIpc) is 2.57. The number of carboxylic acid groups (broad SMARTS) is 1. The van der Waals surface area contributed by atoms with Crippen LogP contribution in [0.4, 0.5) is 10.1 Å². The third kappa shape index (κ3) is 2.48. The van der Waals surface area contributed by atoms with Crippen molar-refractivity contribution in [3.8, 4) is 0 Å². The van der Waals surface area contributed by atoms with Crippen LogP contribution in [0.5, 0.6) is 0 Å². The quantitative estimate of drug-likeness (QED) is 0.772. The van der Waals surface area contributed by atoms with Gasteiger partial charge < -0.3 is 19.5 Å². The molecule has 4 rings (SSSR count). The van der Waals surface area contributed by atoms with E-state index in [-0.39, 0.29) is 16.3 Å². The van der Waals surface area contributed by atoms with Gasteiger partial charge in [-0.15, -0.1) is 0 Å². The number of rotatable bonds is 2. The molecule has 9 heteroatoms. The van der Waals surface area contributed by atoms with Crippen molar-refractivity contribution in [1.29, 1.82) is 0 Å². The van der Waals surface area contributed by atoms with Crippen molar-refractivity contribution in [2.24, 2.45) is 0 Å². The first-order chi connectivity index (χ1) is 12.3. The lowest BCUT2D eigenvalue weighted by atomic mass is 10.1. The van der Waals surface area contributed by atoms with Crippen LogP contribution in [0, 0.1) is 5.82 Å². The number of likely N-dealkylation sites (N-methyl/N-ethyl adjacent to an activating group) is 1. The summed E-state index contributed by atoms with van der Waals surface area (Å²) in [5.41, 5.74) is 0.0883. The van der Waals surface area contributed by atoms with Crippen LogP contribution in [0.2, 0.25) is 0 Å². The second-order valence-corrected chi connectivity index (χ2v) is 8.71. The van der Waals surface area contributed by atoms with E-state index in [1.54, 1.807) is 0 Å². The maximum Gasteiger partial charge on any atom is 0.342 e. The largest absolute Gasteiger partial charge is 0.477 e. The summed E-state index contributed by atoms with van der Waals surface area (Å²) in [7, 11) is 2.03. The Morgan fingerprint density at radius 3 is 2.58 bits per heavy atom. The van der Waals surface area contributed by atoms with Crippen LogP contribution in [0.1, 0.15) is 22.7 Å². The lowest BCUT2D eigenvalue weighted by Gasteiger charge is -2.37. The van der Waals surface area contributed by atoms with Gasteiger partial charge in [-0.2, -0.15) is 0 Å². The molecule has 0 saturated carbocycles. The number of pyridine rings is 1. The highest BCUT2D eigenvalue weighted by Crippen LogP contribution is 2.49. The highest BCUT2D eigenvalue weighted by molar-refractivity contribution is 9.10. The smallest absolute Gasteiger partial charge is 0.342 e. The zero-order valence-corrected chi connectivity index (χ0v) is 16.7. The summed E-state index contributed by atoms with van der Waals surface area (Å²) >= 11 is 4.85. The fourth-order valence-corrected chi connectivity index (χ4v) is 5.58. The zero-order valence-electron chi connectivity index (χ0n) is 14.3. The van der Waals surface area contributed by atoms with Gasteiger partial charge in [-0.25, -0.2) is 9.18 Å². The standard InChI is InChI=1S/C17H17BrFN3O3S/c1-8-22-13-9(15(23)11(17(24)25)16(22)26-8)7-10(19)14(12(13)18)21-5-3-20(2)4-6-21/h7-8H,3-6H2,1-2H3,(H,24,25). The van der Waals surface area contributed by atoms with Crippen LogP contribution in [0.25, 0.3) is 10.9 Å². The molecular formula is C17H17BrFN3O3S. The molecule has 1 N–H and O–H groups in total. The van der Waals surface area contributed by atoms with Crippen molar-refractivity contribution in [2.45, 2.75) is 17.3 Å². The van der Waals surface area contributed by atoms with Crippen molar-refractivity contribution in [1.82, 2.24) is 9.47 Å². The van der Waals surface area contributed by atoms with Gasteiger partial charge in [-0.3, -0.25) is 4.79 Å². The van der Waals surface area contributed by atoms with Gasteiger partial charge in [-0.1, -0.05) is 11.8 Å². The average molecular weight is 442 g/mol. The van der Waals surface area contributed by atoms with Crippen molar-refractivity contribution in [3.05, 3.63) is 32.1 Å². The summed E-state index contributed by atoms with van der Waals surface area (Å²) in [5.74, 6) is -1.79. The van der Waals surface area contributed by atoms with Crippen LogP contribution in [-0.4, -0.2) is 53.8 Å². The Bertz CT molecular complexity index is 1000. The molecule has 26 heavy (non-hydrogen) atoms. The van der Waals surface area contributed by atoms with E-state index < -0.39 is 17.2 Å². The van der Waals surface area contributed by atoms with Crippen molar-refractivity contribution < 1.29 is 14.3 Å². The summed E-state index contributed by atoms with van der Waals surface area (Å²) < 4.78 is 17.3. The Hall–Kier alpha value is -1.58. The number of benzene rings is 1. The maximum absolute atomic E-state index is 14.9. The van der Waals surface area contributed by atoms with Crippen LogP contribution < -0.4 is 10.3 Å². The van der Waals surface area contributed by atoms with Gasteiger partial charge in [0, 0.05) is 26.2 Å². The number of carbonyl (C=O) groups is 1. The minimum Gasteiger partial charge on any atom is -0.477 e. The second kappa shape index (κ2) is 6.24. The number of hydrogen-bond donors (Lipinski definition) is 1. The fraction of sp³-hybridized carbons (Fsp3) is 0.412. The molecule has 2 aromatic rings. The van der Waals surface area contributed by atoms with Gasteiger partial charge in [0.2, 0.25) is 5.43 Å². The number of aromatic carboxylic acids is 1. The molecular weight excluding hydrogens is 425 g/mol. The number of hydrogen-bond acceptors (Lipinski definition) is 5. The van der Waals surface area contributed by atoms with E-state index >= 15 is 0 Å². The SMILES string of the molecule is CC1Sc2c(C(=O)O)c(=O)c3cc(F)c(N4CCN(C)CC4)c(Br)c3n21. The number of carboxylic acids is 1. The first-order valence-electron chi connectivity index (χ1n) is 8.25. The number of thioether (sulfide) groups is 1. The topological polar surface area (TPSA) is 65.8 Å². The summed E-state index contributed by atoms with van der Waals surface area (Å²) in [6, 6.07) is 1.19. The number of piperazine rings is 1. The molecule has 1 unspecified atom stereocenters. The summed E-state index contributed by atoms with van der Waals surface area (Å²) in [6.45, 7) is 4.95. The molecule has 0 amide bonds. The lowest BCUT2D eigenvalue weighted by Crippen LogP contribution is -2.45. The summed E-state index contributed by atoms with van der Waals surface area (Å²) in [5, 5.41) is 9.93. The van der Waals surface area contributed by atoms with Gasteiger partial charge in [0.25, 0.3) is 0 Å². The van der Waals surface area contributed by atoms with E-state index in [1.807, 2.05) is 23.4 Å². The molecule has 3 heterocycles. The van der Waals surface area contributed by atoms with Crippen molar-refractivity contribution in [3.63, 3.8) is 0 Å². The Balaban J connectivity index is 2.00. The van der Waals surface area contributed by atoms with Gasteiger partial charge in [0.1, 0.15) is 11.4 Å². The predicted octanol–water partition coefficient (Wildman–Crippen LogP) is 2.98. The second-order valence-electron chi connectivity index (χ2n) is 6.61. The van der Waals surface area contributed by atoms with Crippen molar-refractivity contribution in [2.75, 3.05) is 38.1 Å². The van der Waals surface area contributed by atoms with Crippen LogP contribution in [0.15, 0.2) is 20.4 Å². The molecule has 0 bridgehead atoms. The minimum absolute atomic E-state index is 0.0201.